The Labute approximate surface area is 99.3 Å². The van der Waals surface area contributed by atoms with Crippen LogP contribution in [0.3, 0.4) is 0 Å². The van der Waals surface area contributed by atoms with E-state index in [1.807, 2.05) is 31.8 Å². The molecule has 2 rings (SSSR count). The van der Waals surface area contributed by atoms with Crippen molar-refractivity contribution in [3.63, 3.8) is 0 Å². The van der Waals surface area contributed by atoms with E-state index in [-0.39, 0.29) is 0 Å². The van der Waals surface area contributed by atoms with Crippen LogP contribution >= 0.6 is 11.3 Å². The summed E-state index contributed by atoms with van der Waals surface area (Å²) in [5.74, 6) is 0. The molecule has 0 fully saturated rings. The zero-order valence-corrected chi connectivity index (χ0v) is 10.9. The highest BCUT2D eigenvalue weighted by Crippen LogP contribution is 2.20. The molecular weight excluding hydrogens is 220 g/mol. The van der Waals surface area contributed by atoms with Crippen LogP contribution < -0.4 is 5.32 Å². The summed E-state index contributed by atoms with van der Waals surface area (Å²) in [7, 11) is 1.96. The lowest BCUT2D eigenvalue weighted by Crippen LogP contribution is -2.00. The highest BCUT2D eigenvalue weighted by Gasteiger charge is 2.08. The molecule has 0 radical (unpaired) electrons. The van der Waals surface area contributed by atoms with E-state index in [9.17, 15) is 0 Å². The largest absolute Gasteiger partial charge is 0.377 e. The Balaban J connectivity index is 2.10. The van der Waals surface area contributed by atoms with Crippen LogP contribution in [0.5, 0.6) is 0 Å². The second-order valence-electron chi connectivity index (χ2n) is 3.87. The first-order valence-electron chi connectivity index (χ1n) is 5.23. The van der Waals surface area contributed by atoms with Gasteiger partial charge in [0.05, 0.1) is 28.6 Å². The zero-order valence-electron chi connectivity index (χ0n) is 10.0. The van der Waals surface area contributed by atoms with E-state index >= 15 is 0 Å². The van der Waals surface area contributed by atoms with Gasteiger partial charge < -0.3 is 5.32 Å². The maximum absolute atomic E-state index is 4.37. The minimum Gasteiger partial charge on any atom is -0.377 e. The lowest BCUT2D eigenvalue weighted by Gasteiger charge is -2.04. The molecule has 2 aromatic rings. The Morgan fingerprint density at radius 2 is 2.12 bits per heavy atom. The molecule has 0 aliphatic carbocycles. The summed E-state index contributed by atoms with van der Waals surface area (Å²) >= 11 is 1.72. The van der Waals surface area contributed by atoms with E-state index in [1.165, 1.54) is 10.6 Å². The van der Waals surface area contributed by atoms with E-state index in [0.717, 1.165) is 22.9 Å². The molecule has 2 heterocycles. The highest BCUT2D eigenvalue weighted by molar-refractivity contribution is 7.11. The molecule has 16 heavy (non-hydrogen) atoms. The van der Waals surface area contributed by atoms with Crippen LogP contribution in [0, 0.1) is 20.8 Å². The van der Waals surface area contributed by atoms with E-state index < -0.39 is 0 Å². The molecule has 0 amide bonds. The van der Waals surface area contributed by atoms with E-state index in [1.54, 1.807) is 11.3 Å². The lowest BCUT2D eigenvalue weighted by atomic mass is 10.3. The van der Waals surface area contributed by atoms with Gasteiger partial charge in [0.1, 0.15) is 0 Å². The number of aryl methyl sites for hydroxylation is 3. The van der Waals surface area contributed by atoms with Crippen LogP contribution in [0.15, 0.2) is 6.20 Å². The summed E-state index contributed by atoms with van der Waals surface area (Å²) < 4.78 is 1.90. The Morgan fingerprint density at radius 3 is 2.62 bits per heavy atom. The number of anilines is 1. The molecule has 0 saturated heterocycles. The number of aromatic nitrogens is 3. The minimum atomic E-state index is 0.818. The third kappa shape index (κ3) is 2.09. The predicted molar refractivity (Wildman–Crippen MR) is 66.9 cm³/mol. The fraction of sp³-hybridized carbons (Fsp3) is 0.455. The van der Waals surface area contributed by atoms with Crippen molar-refractivity contribution in [2.75, 3.05) is 5.32 Å². The maximum atomic E-state index is 4.37. The number of hydrogen-bond acceptors (Lipinski definition) is 4. The molecule has 0 atom stereocenters. The first-order valence-corrected chi connectivity index (χ1v) is 6.05. The van der Waals surface area contributed by atoms with Crippen molar-refractivity contribution >= 4 is 17.0 Å². The second-order valence-corrected chi connectivity index (χ2v) is 5.19. The first kappa shape index (κ1) is 11.1. The number of thiazole rings is 1. The molecule has 0 aromatic carbocycles. The van der Waals surface area contributed by atoms with Crippen molar-refractivity contribution in [2.24, 2.45) is 7.05 Å². The Hall–Kier alpha value is -1.36. The SMILES string of the molecule is Cc1ncc(CNc2c(C)nn(C)c2C)s1. The average Bonchev–Trinajstić information content (AvgIpc) is 2.72. The Kier molecular flexibility index (Phi) is 2.96. The molecule has 0 aliphatic rings. The molecular formula is C11H16N4S. The van der Waals surface area contributed by atoms with E-state index in [0.29, 0.717) is 0 Å². The van der Waals surface area contributed by atoms with Crippen LogP contribution in [0.2, 0.25) is 0 Å². The Bertz CT molecular complexity index is 498. The monoisotopic (exact) mass is 236 g/mol. The Morgan fingerprint density at radius 1 is 1.38 bits per heavy atom. The van der Waals surface area contributed by atoms with Gasteiger partial charge in [0.2, 0.25) is 0 Å². The van der Waals surface area contributed by atoms with Crippen LogP contribution in [-0.2, 0) is 13.6 Å². The third-order valence-electron chi connectivity index (χ3n) is 2.62. The van der Waals surface area contributed by atoms with Crippen molar-refractivity contribution in [2.45, 2.75) is 27.3 Å². The molecule has 0 saturated carbocycles. The van der Waals surface area contributed by atoms with Gasteiger partial charge in [0.15, 0.2) is 0 Å². The predicted octanol–water partition coefficient (Wildman–Crippen LogP) is 2.41. The molecule has 4 nitrogen and oxygen atoms in total. The van der Waals surface area contributed by atoms with Gasteiger partial charge in [-0.2, -0.15) is 5.10 Å². The standard InChI is InChI=1S/C11H16N4S/c1-7-11(8(2)15(4)14-7)13-6-10-5-12-9(3)16-10/h5,13H,6H2,1-4H3. The third-order valence-corrected chi connectivity index (χ3v) is 3.53. The topological polar surface area (TPSA) is 42.7 Å². The summed E-state index contributed by atoms with van der Waals surface area (Å²) in [4.78, 5) is 5.49. The summed E-state index contributed by atoms with van der Waals surface area (Å²) in [6.07, 6.45) is 1.92. The minimum absolute atomic E-state index is 0.818. The van der Waals surface area contributed by atoms with E-state index in [4.69, 9.17) is 0 Å². The number of nitrogens with one attached hydrogen (secondary N) is 1. The van der Waals surface area contributed by atoms with Crippen LogP contribution in [-0.4, -0.2) is 14.8 Å². The van der Waals surface area contributed by atoms with Crippen LogP contribution in [0.1, 0.15) is 21.3 Å². The molecule has 0 spiro atoms. The maximum Gasteiger partial charge on any atom is 0.0897 e. The first-order chi connectivity index (χ1) is 7.58. The van der Waals surface area contributed by atoms with Gasteiger partial charge in [-0.25, -0.2) is 4.98 Å². The van der Waals surface area contributed by atoms with Gasteiger partial charge >= 0.3 is 0 Å². The van der Waals surface area contributed by atoms with Crippen LogP contribution in [0.4, 0.5) is 5.69 Å². The smallest absolute Gasteiger partial charge is 0.0897 e. The van der Waals surface area contributed by atoms with Crippen LogP contribution in [0.25, 0.3) is 0 Å². The molecule has 0 aliphatic heterocycles. The zero-order chi connectivity index (χ0) is 11.7. The number of hydrogen-bond donors (Lipinski definition) is 1. The van der Waals surface area contributed by atoms with Gasteiger partial charge in [-0.05, 0) is 20.8 Å². The molecule has 0 bridgehead atoms. The average molecular weight is 236 g/mol. The normalized spacial score (nSPS) is 10.8. The van der Waals surface area contributed by atoms with Gasteiger partial charge in [0.25, 0.3) is 0 Å². The van der Waals surface area contributed by atoms with E-state index in [2.05, 4.69) is 22.3 Å². The highest BCUT2D eigenvalue weighted by atomic mass is 32.1. The lowest BCUT2D eigenvalue weighted by molar-refractivity contribution is 0.731. The number of rotatable bonds is 3. The van der Waals surface area contributed by atoms with Gasteiger partial charge in [-0.1, -0.05) is 0 Å². The second kappa shape index (κ2) is 4.25. The van der Waals surface area contributed by atoms with Gasteiger partial charge in [-0.15, -0.1) is 11.3 Å². The summed E-state index contributed by atoms with van der Waals surface area (Å²) in [6.45, 7) is 6.93. The number of nitrogens with zero attached hydrogens (tertiary/aromatic N) is 3. The molecule has 86 valence electrons. The summed E-state index contributed by atoms with van der Waals surface area (Å²) in [6, 6.07) is 0. The van der Waals surface area contributed by atoms with Crippen molar-refractivity contribution in [3.05, 3.63) is 27.5 Å². The molecule has 0 unspecified atom stereocenters. The fourth-order valence-corrected chi connectivity index (χ4v) is 2.43. The summed E-state index contributed by atoms with van der Waals surface area (Å²) in [5.41, 5.74) is 3.34. The van der Waals surface area contributed by atoms with Crippen molar-refractivity contribution in [3.8, 4) is 0 Å². The quantitative estimate of drug-likeness (QED) is 0.890. The van der Waals surface area contributed by atoms with Crippen molar-refractivity contribution in [1.29, 1.82) is 0 Å². The molecule has 5 heteroatoms. The fourth-order valence-electron chi connectivity index (χ4n) is 1.69. The van der Waals surface area contributed by atoms with Crippen molar-refractivity contribution in [1.82, 2.24) is 14.8 Å². The van der Waals surface area contributed by atoms with Gasteiger partial charge in [-0.3, -0.25) is 4.68 Å². The van der Waals surface area contributed by atoms with Gasteiger partial charge in [0, 0.05) is 18.1 Å². The molecule has 2 aromatic heterocycles. The summed E-state index contributed by atoms with van der Waals surface area (Å²) in [5, 5.41) is 8.90. The van der Waals surface area contributed by atoms with Crippen molar-refractivity contribution < 1.29 is 0 Å². The molecule has 1 N–H and O–H groups in total.